The molecule has 0 bridgehead atoms. The van der Waals surface area contributed by atoms with Gasteiger partial charge >= 0.3 is 0 Å². The molecule has 0 amide bonds. The lowest BCUT2D eigenvalue weighted by molar-refractivity contribution is 0.360. The molecule has 0 radical (unpaired) electrons. The summed E-state index contributed by atoms with van der Waals surface area (Å²) >= 11 is 5.69. The third-order valence-corrected chi connectivity index (χ3v) is 3.83. The zero-order valence-electron chi connectivity index (χ0n) is 9.18. The number of halogens is 1. The van der Waals surface area contributed by atoms with Gasteiger partial charge in [0.2, 0.25) is 0 Å². The van der Waals surface area contributed by atoms with Crippen LogP contribution in [-0.2, 0) is 20.7 Å². The number of nitrogens with zero attached hydrogens (tertiary/aromatic N) is 1. The second-order valence-corrected chi connectivity index (χ2v) is 6.14. The largest absolute Gasteiger partial charge is 0.731 e. The van der Waals surface area contributed by atoms with Gasteiger partial charge in [0.15, 0.2) is 21.8 Å². The summed E-state index contributed by atoms with van der Waals surface area (Å²) in [5.74, 6) is -1.76. The van der Waals surface area contributed by atoms with Gasteiger partial charge < -0.3 is 18.4 Å². The summed E-state index contributed by atoms with van der Waals surface area (Å²) in [6, 6.07) is 1.81. The van der Waals surface area contributed by atoms with Gasteiger partial charge in [-0.1, -0.05) is 11.6 Å². The zero-order valence-corrected chi connectivity index (χ0v) is 11.6. The summed E-state index contributed by atoms with van der Waals surface area (Å²) in [6.45, 7) is 0. The fourth-order valence-corrected chi connectivity index (χ4v) is 2.75. The molecule has 2 rings (SSSR count). The van der Waals surface area contributed by atoms with E-state index >= 15 is 0 Å². The molecule has 0 saturated carbocycles. The van der Waals surface area contributed by atoms with Crippen LogP contribution >= 0.6 is 11.6 Å². The van der Waals surface area contributed by atoms with E-state index in [1.165, 1.54) is 0 Å². The van der Waals surface area contributed by atoms with Crippen LogP contribution in [0.3, 0.4) is 0 Å². The van der Waals surface area contributed by atoms with Gasteiger partial charge in [0.05, 0.1) is 10.5 Å². The van der Waals surface area contributed by atoms with E-state index in [9.17, 15) is 31.0 Å². The molecule has 0 aliphatic heterocycles. The highest BCUT2D eigenvalue weighted by molar-refractivity contribution is 7.84. The van der Waals surface area contributed by atoms with Crippen LogP contribution in [0.25, 0.3) is 10.9 Å². The topological polar surface area (TPSA) is 149 Å². The lowest BCUT2D eigenvalue weighted by Gasteiger charge is -2.14. The van der Waals surface area contributed by atoms with E-state index in [0.717, 1.165) is 12.3 Å². The van der Waals surface area contributed by atoms with Crippen LogP contribution in [-0.4, -0.2) is 35.0 Å². The minimum atomic E-state index is -5.22. The van der Waals surface area contributed by atoms with Crippen LogP contribution in [0.15, 0.2) is 18.3 Å². The van der Waals surface area contributed by atoms with Crippen LogP contribution in [0, 0.1) is 0 Å². The Morgan fingerprint density at radius 2 is 1.85 bits per heavy atom. The van der Waals surface area contributed by atoms with E-state index in [1.807, 2.05) is 0 Å². The number of aromatic nitrogens is 1. The lowest BCUT2D eigenvalue weighted by Crippen LogP contribution is -2.10. The van der Waals surface area contributed by atoms with Crippen LogP contribution in [0.5, 0.6) is 11.5 Å². The summed E-state index contributed by atoms with van der Waals surface area (Å²) in [7, 11) is -10.2. The molecule has 1 aromatic heterocycles. The fourth-order valence-electron chi connectivity index (χ4n) is 1.55. The van der Waals surface area contributed by atoms with Crippen LogP contribution in [0.4, 0.5) is 0 Å². The molecule has 1 aromatic carbocycles. The van der Waals surface area contributed by atoms with E-state index < -0.39 is 37.2 Å². The molecule has 1 heterocycles. The summed E-state index contributed by atoms with van der Waals surface area (Å²) in [6.07, 6.45) is 0.855. The number of fused-ring (bicyclic) bond motifs is 1. The van der Waals surface area contributed by atoms with Crippen molar-refractivity contribution in [2.75, 3.05) is 0 Å². The molecule has 0 fully saturated rings. The Labute approximate surface area is 117 Å². The molecule has 2 aromatic rings. The lowest BCUT2D eigenvalue weighted by atomic mass is 10.2. The molecular formula is C8H4ClNO8S2-2. The Morgan fingerprint density at radius 3 is 2.35 bits per heavy atom. The highest BCUT2D eigenvalue weighted by atomic mass is 35.5. The minimum Gasteiger partial charge on any atom is -0.731 e. The molecule has 110 valence electrons. The number of rotatable bonds is 3. The maximum absolute atomic E-state index is 11.0. The quantitative estimate of drug-likeness (QED) is 0.612. The molecule has 1 N–H and O–H groups in total. The Morgan fingerprint density at radius 1 is 1.25 bits per heavy atom. The second kappa shape index (κ2) is 4.49. The highest BCUT2D eigenvalue weighted by Crippen LogP contribution is 2.41. The number of phenols is 1. The van der Waals surface area contributed by atoms with Crippen molar-refractivity contribution in [2.45, 2.75) is 0 Å². The second-order valence-electron chi connectivity index (χ2n) is 3.53. The van der Waals surface area contributed by atoms with Gasteiger partial charge in [-0.25, -0.2) is 16.8 Å². The first kappa shape index (κ1) is 14.9. The first-order valence-electron chi connectivity index (χ1n) is 4.65. The Kier molecular flexibility index (Phi) is 3.34. The van der Waals surface area contributed by atoms with E-state index in [0.29, 0.717) is 6.07 Å². The molecule has 0 aliphatic carbocycles. The third-order valence-electron chi connectivity index (χ3n) is 2.27. The summed E-state index contributed by atoms with van der Waals surface area (Å²) in [5, 5.41) is 9.06. The SMILES string of the molecule is O=S(=O)([O-])Oc1cc2c(ccn2S(=O)(=O)[O-])c(Cl)c1O. The number of hydrogen-bond donors (Lipinski definition) is 1. The standard InChI is InChI=1S/C8H6ClNO8S2/c9-7-4-1-2-10(19(12,13)14)5(4)3-6(8(7)11)18-20(15,16)17/h1-3,11H,(H,12,13,14)(H,15,16,17)/p-2. The number of hydrogen-bond acceptors (Lipinski definition) is 8. The normalized spacial score (nSPS) is 12.8. The van der Waals surface area contributed by atoms with E-state index in [-0.39, 0.29) is 14.9 Å². The summed E-state index contributed by atoms with van der Waals surface area (Å²) in [5.41, 5.74) is -0.346. The summed E-state index contributed by atoms with van der Waals surface area (Å²) < 4.78 is 68.6. The van der Waals surface area contributed by atoms with Crippen molar-refractivity contribution >= 4 is 43.2 Å². The van der Waals surface area contributed by atoms with Crippen molar-refractivity contribution in [2.24, 2.45) is 0 Å². The first-order chi connectivity index (χ1) is 9.00. The minimum absolute atomic E-state index is 0.0424. The molecular weight excluding hydrogens is 338 g/mol. The number of benzene rings is 1. The van der Waals surface area contributed by atoms with Crippen molar-refractivity contribution in [3.63, 3.8) is 0 Å². The van der Waals surface area contributed by atoms with Gasteiger partial charge in [0.1, 0.15) is 0 Å². The van der Waals surface area contributed by atoms with Gasteiger partial charge in [-0.15, -0.1) is 0 Å². The van der Waals surface area contributed by atoms with Gasteiger partial charge in [-0.3, -0.25) is 3.97 Å². The predicted octanol–water partition coefficient (Wildman–Crippen LogP) is 0.148. The average molecular weight is 342 g/mol. The van der Waals surface area contributed by atoms with Crippen molar-refractivity contribution in [3.05, 3.63) is 23.4 Å². The molecule has 0 spiro atoms. The molecule has 12 heteroatoms. The molecule has 0 aliphatic rings. The maximum atomic E-state index is 11.0. The zero-order chi connectivity index (χ0) is 15.3. The monoisotopic (exact) mass is 341 g/mol. The molecule has 0 unspecified atom stereocenters. The van der Waals surface area contributed by atoms with Crippen LogP contribution in [0.1, 0.15) is 0 Å². The molecule has 9 nitrogen and oxygen atoms in total. The number of aromatic hydroxyl groups is 1. The Bertz CT molecular complexity index is 898. The Balaban J connectivity index is 2.83. The van der Waals surface area contributed by atoms with Gasteiger partial charge in [-0.05, 0) is 6.07 Å². The summed E-state index contributed by atoms with van der Waals surface area (Å²) in [4.78, 5) is 0. The first-order valence-corrected chi connectivity index (χ1v) is 7.72. The highest BCUT2D eigenvalue weighted by Gasteiger charge is 2.18. The third kappa shape index (κ3) is 2.66. The van der Waals surface area contributed by atoms with Crippen molar-refractivity contribution in [3.8, 4) is 11.5 Å². The van der Waals surface area contributed by atoms with E-state index in [2.05, 4.69) is 4.18 Å². The maximum Gasteiger partial charge on any atom is 0.262 e. The molecule has 20 heavy (non-hydrogen) atoms. The average Bonchev–Trinajstić information content (AvgIpc) is 2.66. The van der Waals surface area contributed by atoms with Gasteiger partial charge in [0, 0.05) is 17.6 Å². The van der Waals surface area contributed by atoms with E-state index in [4.69, 9.17) is 11.6 Å². The molecule has 0 saturated heterocycles. The van der Waals surface area contributed by atoms with Crippen molar-refractivity contribution < 1.29 is 35.2 Å². The van der Waals surface area contributed by atoms with Crippen LogP contribution in [0.2, 0.25) is 5.02 Å². The Hall–Kier alpha value is -1.53. The number of phenolic OH excluding ortho intramolecular Hbond substituents is 1. The van der Waals surface area contributed by atoms with Gasteiger partial charge in [-0.2, -0.15) is 0 Å². The smallest absolute Gasteiger partial charge is 0.262 e. The molecule has 0 atom stereocenters. The predicted molar refractivity (Wildman–Crippen MR) is 64.0 cm³/mol. The van der Waals surface area contributed by atoms with Crippen molar-refractivity contribution in [1.82, 2.24) is 3.97 Å². The van der Waals surface area contributed by atoms with E-state index in [1.54, 1.807) is 0 Å². The fraction of sp³-hybridized carbons (Fsp3) is 0. The van der Waals surface area contributed by atoms with Crippen LogP contribution < -0.4 is 4.18 Å². The van der Waals surface area contributed by atoms with Crippen molar-refractivity contribution in [1.29, 1.82) is 0 Å². The van der Waals surface area contributed by atoms with Gasteiger partial charge in [0.25, 0.3) is 10.4 Å².